The second kappa shape index (κ2) is 16.7. The summed E-state index contributed by atoms with van der Waals surface area (Å²) < 4.78 is 11.5. The molecule has 1 nitrogen and oxygen atoms in total. The van der Waals surface area contributed by atoms with Crippen LogP contribution in [0.15, 0.2) is 0 Å². The van der Waals surface area contributed by atoms with Crippen molar-refractivity contribution in [3.8, 4) is 0 Å². The monoisotopic (exact) mass is 342 g/mol. The van der Waals surface area contributed by atoms with Gasteiger partial charge in [-0.3, -0.25) is 0 Å². The van der Waals surface area contributed by atoms with Gasteiger partial charge in [0.15, 0.2) is 0 Å². The quantitative estimate of drug-likeness (QED) is 0.379. The van der Waals surface area contributed by atoms with Gasteiger partial charge < -0.3 is 0 Å². The van der Waals surface area contributed by atoms with Gasteiger partial charge in [0.1, 0.15) is 0 Å². The second-order valence-corrected chi connectivity index (χ2v) is 7.80. The molecule has 0 aliphatic carbocycles. The second-order valence-electron chi connectivity index (χ2n) is 5.20. The molecule has 100 valence electrons. The van der Waals surface area contributed by atoms with Crippen molar-refractivity contribution >= 4 is 22.9 Å². The summed E-state index contributed by atoms with van der Waals surface area (Å²) in [7, 11) is 0. The molecule has 0 rings (SSSR count). The van der Waals surface area contributed by atoms with E-state index in [0.29, 0.717) is 0 Å². The molecule has 0 aliphatic heterocycles. The Morgan fingerprint density at radius 1 is 0.588 bits per heavy atom. The first-order valence-corrected chi connectivity index (χ1v) is 11.5. The summed E-state index contributed by atoms with van der Waals surface area (Å²) in [5.74, 6) is 0. The minimum atomic E-state index is -1.27. The molecule has 0 unspecified atom stereocenters. The van der Waals surface area contributed by atoms with Crippen LogP contribution in [0.4, 0.5) is 0 Å². The Hall–Kier alpha value is 0.670. The van der Waals surface area contributed by atoms with Gasteiger partial charge in [0.25, 0.3) is 0 Å². The van der Waals surface area contributed by atoms with Gasteiger partial charge in [0.2, 0.25) is 0 Å². The van der Waals surface area contributed by atoms with Crippen LogP contribution < -0.4 is 0 Å². The Bertz CT molecular complexity index is 148. The van der Waals surface area contributed by atoms with E-state index in [0.717, 1.165) is 4.18 Å². The predicted octanol–water partition coefficient (Wildman–Crippen LogP) is 5.55. The Morgan fingerprint density at radius 2 is 0.941 bits per heavy atom. The third-order valence-electron chi connectivity index (χ3n) is 3.43. The van der Waals surface area contributed by atoms with Gasteiger partial charge in [-0.1, -0.05) is 19.8 Å². The molecule has 0 heterocycles. The van der Waals surface area contributed by atoms with Crippen molar-refractivity contribution in [1.82, 2.24) is 0 Å². The first-order valence-electron chi connectivity index (χ1n) is 7.85. The maximum absolute atomic E-state index is 10.4. The summed E-state index contributed by atoms with van der Waals surface area (Å²) in [5, 5.41) is 0. The Morgan fingerprint density at radius 3 is 1.29 bits per heavy atom. The van der Waals surface area contributed by atoms with Crippen LogP contribution in [0.5, 0.6) is 0 Å². The first kappa shape index (κ1) is 17.7. The fourth-order valence-electron chi connectivity index (χ4n) is 2.25. The summed E-state index contributed by atoms with van der Waals surface area (Å²) >= 11 is -1.27. The molecule has 0 fully saturated rings. The van der Waals surface area contributed by atoms with Gasteiger partial charge in [-0.25, -0.2) is 0 Å². The molecule has 0 radical (unpaired) electrons. The summed E-state index contributed by atoms with van der Waals surface area (Å²) in [4.78, 5) is 0. The normalized spacial score (nSPS) is 10.4. The maximum atomic E-state index is 10.4. The summed E-state index contributed by atoms with van der Waals surface area (Å²) in [6.45, 7) is 2.28. The van der Waals surface area contributed by atoms with Gasteiger partial charge in [-0.15, -0.1) is 0 Å². The van der Waals surface area contributed by atoms with Crippen LogP contribution in [-0.4, -0.2) is 22.9 Å². The molecule has 17 heavy (non-hydrogen) atoms. The SMILES string of the molecule is CCCCCCCCCCCCCC[CH2][In]=[O]. The first-order chi connectivity index (χ1) is 8.41. The summed E-state index contributed by atoms with van der Waals surface area (Å²) in [5.41, 5.74) is 0. The van der Waals surface area contributed by atoms with Crippen molar-refractivity contribution in [2.24, 2.45) is 0 Å². The summed E-state index contributed by atoms with van der Waals surface area (Å²) in [6, 6.07) is 0. The van der Waals surface area contributed by atoms with E-state index in [2.05, 4.69) is 6.92 Å². The van der Waals surface area contributed by atoms with Crippen LogP contribution in [0, 0.1) is 0 Å². The van der Waals surface area contributed by atoms with E-state index in [4.69, 9.17) is 0 Å². The van der Waals surface area contributed by atoms with Crippen LogP contribution in [0.1, 0.15) is 90.4 Å². The zero-order valence-corrected chi connectivity index (χ0v) is 15.2. The van der Waals surface area contributed by atoms with Crippen molar-refractivity contribution < 1.29 is 2.85 Å². The van der Waals surface area contributed by atoms with Gasteiger partial charge in [-0.2, -0.15) is 0 Å². The molecule has 0 bridgehead atoms. The molecule has 0 aromatic heterocycles. The third kappa shape index (κ3) is 16.7. The van der Waals surface area contributed by atoms with Crippen LogP contribution in [0.25, 0.3) is 0 Å². The standard InChI is InChI=1S/C15H31.In.O/c1-3-5-7-9-11-13-15-14-12-10-8-6-4-2;;/h1,3-15H2,2H3;;. The van der Waals surface area contributed by atoms with Crippen LogP contribution >= 0.6 is 0 Å². The van der Waals surface area contributed by atoms with Crippen LogP contribution in [0.3, 0.4) is 0 Å². The molecular weight excluding hydrogens is 311 g/mol. The Labute approximate surface area is 120 Å². The molecule has 0 aromatic rings. The van der Waals surface area contributed by atoms with Crippen molar-refractivity contribution in [2.75, 3.05) is 0 Å². The molecular formula is C15H31InO. The van der Waals surface area contributed by atoms with E-state index in [9.17, 15) is 2.85 Å². The molecule has 0 N–H and O–H groups in total. The van der Waals surface area contributed by atoms with Crippen molar-refractivity contribution in [3.05, 3.63) is 0 Å². The number of rotatable bonds is 14. The van der Waals surface area contributed by atoms with E-state index in [1.807, 2.05) is 0 Å². The number of unbranched alkanes of at least 4 members (excludes halogenated alkanes) is 12. The zero-order valence-electron chi connectivity index (χ0n) is 11.9. The molecule has 0 amide bonds. The molecule has 0 aliphatic rings. The fourth-order valence-corrected chi connectivity index (χ4v) is 3.55. The minimum absolute atomic E-state index is 1.08. The van der Waals surface area contributed by atoms with Crippen molar-refractivity contribution in [2.45, 2.75) is 94.6 Å². The molecule has 0 aromatic carbocycles. The fraction of sp³-hybridized carbons (Fsp3) is 1.00. The van der Waals surface area contributed by atoms with Crippen molar-refractivity contribution in [3.63, 3.8) is 0 Å². The molecule has 0 saturated heterocycles. The van der Waals surface area contributed by atoms with Gasteiger partial charge in [0, 0.05) is 0 Å². The van der Waals surface area contributed by atoms with Crippen LogP contribution in [-0.2, 0) is 2.85 Å². The van der Waals surface area contributed by atoms with E-state index >= 15 is 0 Å². The van der Waals surface area contributed by atoms with E-state index in [1.54, 1.807) is 0 Å². The van der Waals surface area contributed by atoms with Gasteiger partial charge in [0.05, 0.1) is 0 Å². The zero-order chi connectivity index (χ0) is 12.6. The average molecular weight is 342 g/mol. The molecule has 0 spiro atoms. The van der Waals surface area contributed by atoms with Crippen LogP contribution in [0.2, 0.25) is 4.18 Å². The van der Waals surface area contributed by atoms with E-state index in [-0.39, 0.29) is 0 Å². The Kier molecular flexibility index (Phi) is 17.3. The average Bonchev–Trinajstić information content (AvgIpc) is 2.35. The third-order valence-corrected chi connectivity index (χ3v) is 5.26. The predicted molar refractivity (Wildman–Crippen MR) is 76.9 cm³/mol. The van der Waals surface area contributed by atoms with Crippen molar-refractivity contribution in [1.29, 1.82) is 0 Å². The number of hydrogen-bond acceptors (Lipinski definition) is 1. The molecule has 0 atom stereocenters. The van der Waals surface area contributed by atoms with E-state index < -0.39 is 22.9 Å². The summed E-state index contributed by atoms with van der Waals surface area (Å²) in [6.07, 6.45) is 18.2. The topological polar surface area (TPSA) is 17.1 Å². The van der Waals surface area contributed by atoms with Gasteiger partial charge >= 0.3 is 101 Å². The molecule has 0 saturated carbocycles. The molecule has 2 heteroatoms. The Balaban J connectivity index is 2.87. The van der Waals surface area contributed by atoms with E-state index in [1.165, 1.54) is 83.5 Å². The number of hydrogen-bond donors (Lipinski definition) is 0. The van der Waals surface area contributed by atoms with Gasteiger partial charge in [-0.05, 0) is 0 Å².